The molecule has 3 rings (SSSR count). The number of hydrogen-bond acceptors (Lipinski definition) is 2. The van der Waals surface area contributed by atoms with Crippen molar-refractivity contribution < 1.29 is 4.84 Å². The molecule has 0 atom stereocenters. The number of fused-ring (bicyclic) bond motifs is 3. The second-order valence-electron chi connectivity index (χ2n) is 3.20. The van der Waals surface area contributed by atoms with Crippen LogP contribution in [0.2, 0.25) is 0 Å². The first-order valence-electron chi connectivity index (χ1n) is 4.35. The van der Waals surface area contributed by atoms with Gasteiger partial charge in [-0.05, 0) is 5.39 Å². The molecule has 1 heterocycles. The van der Waals surface area contributed by atoms with Crippen molar-refractivity contribution in [2.24, 2.45) is 0 Å². The van der Waals surface area contributed by atoms with Gasteiger partial charge in [0.2, 0.25) is 0 Å². The Hall–Kier alpha value is -1.54. The standard InChI is InChI=1S/C11H9NO/c1-2-4-10-8(3-1)5-6-9-7-12-13-11(9)10/h1-6,12H,7H2. The van der Waals surface area contributed by atoms with Gasteiger partial charge in [-0.25, -0.2) is 0 Å². The molecule has 1 N–H and O–H groups in total. The third-order valence-corrected chi connectivity index (χ3v) is 2.40. The molecule has 0 fully saturated rings. The van der Waals surface area contributed by atoms with E-state index in [4.69, 9.17) is 4.84 Å². The summed E-state index contributed by atoms with van der Waals surface area (Å²) in [7, 11) is 0. The van der Waals surface area contributed by atoms with E-state index in [9.17, 15) is 0 Å². The molecular formula is C11H9NO. The van der Waals surface area contributed by atoms with Crippen molar-refractivity contribution in [3.63, 3.8) is 0 Å². The van der Waals surface area contributed by atoms with E-state index in [1.807, 2.05) is 12.1 Å². The fourth-order valence-corrected chi connectivity index (χ4v) is 1.73. The van der Waals surface area contributed by atoms with Crippen LogP contribution in [-0.2, 0) is 6.54 Å². The van der Waals surface area contributed by atoms with Gasteiger partial charge in [0, 0.05) is 10.9 Å². The summed E-state index contributed by atoms with van der Waals surface area (Å²) in [6, 6.07) is 12.5. The molecule has 2 aromatic rings. The lowest BCUT2D eigenvalue weighted by atomic mass is 10.1. The molecule has 13 heavy (non-hydrogen) atoms. The van der Waals surface area contributed by atoms with E-state index in [1.165, 1.54) is 16.3 Å². The molecule has 1 aliphatic heterocycles. The van der Waals surface area contributed by atoms with Gasteiger partial charge in [0.05, 0.1) is 6.54 Å². The molecule has 2 aromatic carbocycles. The second-order valence-corrected chi connectivity index (χ2v) is 3.20. The predicted molar refractivity (Wildman–Crippen MR) is 51.4 cm³/mol. The summed E-state index contributed by atoms with van der Waals surface area (Å²) in [6.45, 7) is 0.806. The topological polar surface area (TPSA) is 21.3 Å². The Balaban J connectivity index is 2.43. The number of nitrogens with one attached hydrogen (secondary N) is 1. The van der Waals surface area contributed by atoms with Gasteiger partial charge in [0.1, 0.15) is 0 Å². The van der Waals surface area contributed by atoms with Crippen molar-refractivity contribution in [2.45, 2.75) is 6.54 Å². The minimum atomic E-state index is 0.806. The molecule has 0 aromatic heterocycles. The fourth-order valence-electron chi connectivity index (χ4n) is 1.73. The number of benzene rings is 2. The van der Waals surface area contributed by atoms with E-state index < -0.39 is 0 Å². The van der Waals surface area contributed by atoms with Crippen LogP contribution in [0.4, 0.5) is 0 Å². The van der Waals surface area contributed by atoms with Gasteiger partial charge in [-0.1, -0.05) is 36.4 Å². The SMILES string of the molecule is c1ccc2c3c(ccc2c1)CNO3. The summed E-state index contributed by atoms with van der Waals surface area (Å²) >= 11 is 0. The minimum absolute atomic E-state index is 0.806. The normalized spacial score (nSPS) is 14.2. The maximum Gasteiger partial charge on any atom is 0.159 e. The van der Waals surface area contributed by atoms with Gasteiger partial charge in [-0.3, -0.25) is 0 Å². The Labute approximate surface area is 76.1 Å². The molecule has 0 amide bonds. The zero-order valence-electron chi connectivity index (χ0n) is 7.08. The summed E-state index contributed by atoms with van der Waals surface area (Å²) in [5, 5.41) is 2.41. The van der Waals surface area contributed by atoms with E-state index >= 15 is 0 Å². The maximum absolute atomic E-state index is 5.36. The van der Waals surface area contributed by atoms with Gasteiger partial charge < -0.3 is 4.84 Å². The van der Waals surface area contributed by atoms with Crippen LogP contribution >= 0.6 is 0 Å². The minimum Gasteiger partial charge on any atom is -0.407 e. The molecule has 0 spiro atoms. The highest BCUT2D eigenvalue weighted by atomic mass is 16.7. The van der Waals surface area contributed by atoms with Gasteiger partial charge in [0.15, 0.2) is 5.75 Å². The van der Waals surface area contributed by atoms with Crippen molar-refractivity contribution >= 4 is 10.8 Å². The van der Waals surface area contributed by atoms with Gasteiger partial charge in [-0.15, -0.1) is 0 Å². The molecular weight excluding hydrogens is 162 g/mol. The highest BCUT2D eigenvalue weighted by Gasteiger charge is 2.14. The smallest absolute Gasteiger partial charge is 0.159 e. The van der Waals surface area contributed by atoms with E-state index in [-0.39, 0.29) is 0 Å². The Morgan fingerprint density at radius 2 is 2.00 bits per heavy atom. The molecule has 0 saturated carbocycles. The number of rotatable bonds is 0. The van der Waals surface area contributed by atoms with Crippen LogP contribution in [0.3, 0.4) is 0 Å². The average Bonchev–Trinajstić information content (AvgIpc) is 2.65. The maximum atomic E-state index is 5.36. The summed E-state index contributed by atoms with van der Waals surface area (Å²) in [4.78, 5) is 5.36. The number of hydrogen-bond donors (Lipinski definition) is 1. The molecule has 0 saturated heterocycles. The van der Waals surface area contributed by atoms with Crippen LogP contribution in [0.1, 0.15) is 5.56 Å². The average molecular weight is 171 g/mol. The summed E-state index contributed by atoms with van der Waals surface area (Å²) < 4.78 is 0. The van der Waals surface area contributed by atoms with Crippen LogP contribution in [0, 0.1) is 0 Å². The Morgan fingerprint density at radius 1 is 1.08 bits per heavy atom. The first-order chi connectivity index (χ1) is 6.45. The third-order valence-electron chi connectivity index (χ3n) is 2.40. The number of hydroxylamine groups is 1. The molecule has 0 unspecified atom stereocenters. The monoisotopic (exact) mass is 171 g/mol. The van der Waals surface area contributed by atoms with Gasteiger partial charge >= 0.3 is 0 Å². The van der Waals surface area contributed by atoms with Crippen LogP contribution < -0.4 is 10.3 Å². The van der Waals surface area contributed by atoms with E-state index in [0.717, 1.165) is 12.3 Å². The van der Waals surface area contributed by atoms with Crippen LogP contribution in [0.5, 0.6) is 5.75 Å². The lowest BCUT2D eigenvalue weighted by Crippen LogP contribution is -2.07. The first-order valence-corrected chi connectivity index (χ1v) is 4.35. The van der Waals surface area contributed by atoms with Crippen molar-refractivity contribution in [1.82, 2.24) is 5.48 Å². The quantitative estimate of drug-likeness (QED) is 0.656. The summed E-state index contributed by atoms with van der Waals surface area (Å²) in [5.41, 5.74) is 4.11. The van der Waals surface area contributed by atoms with Crippen molar-refractivity contribution in [3.05, 3.63) is 42.0 Å². The van der Waals surface area contributed by atoms with E-state index in [0.29, 0.717) is 0 Å². The molecule has 1 aliphatic rings. The molecule has 2 nitrogen and oxygen atoms in total. The third kappa shape index (κ3) is 0.924. The van der Waals surface area contributed by atoms with E-state index in [1.54, 1.807) is 0 Å². The Kier molecular flexibility index (Phi) is 1.32. The zero-order valence-corrected chi connectivity index (χ0v) is 7.08. The van der Waals surface area contributed by atoms with Crippen molar-refractivity contribution in [1.29, 1.82) is 0 Å². The molecule has 0 radical (unpaired) electrons. The van der Waals surface area contributed by atoms with Crippen LogP contribution in [0.25, 0.3) is 10.8 Å². The largest absolute Gasteiger partial charge is 0.407 e. The predicted octanol–water partition coefficient (Wildman–Crippen LogP) is 2.24. The van der Waals surface area contributed by atoms with Crippen LogP contribution in [0.15, 0.2) is 36.4 Å². The molecule has 0 bridgehead atoms. The summed E-state index contributed by atoms with van der Waals surface area (Å²) in [5.74, 6) is 0.984. The van der Waals surface area contributed by atoms with Gasteiger partial charge in [-0.2, -0.15) is 5.48 Å². The van der Waals surface area contributed by atoms with Crippen LogP contribution in [-0.4, -0.2) is 0 Å². The lowest BCUT2D eigenvalue weighted by molar-refractivity contribution is 0.227. The summed E-state index contributed by atoms with van der Waals surface area (Å²) in [6.07, 6.45) is 0. The second kappa shape index (κ2) is 2.47. The Morgan fingerprint density at radius 3 is 3.00 bits per heavy atom. The zero-order chi connectivity index (χ0) is 8.67. The molecule has 0 aliphatic carbocycles. The highest BCUT2D eigenvalue weighted by molar-refractivity contribution is 5.89. The highest BCUT2D eigenvalue weighted by Crippen LogP contribution is 2.31. The lowest BCUT2D eigenvalue weighted by Gasteiger charge is -2.02. The fraction of sp³-hybridized carbons (Fsp3) is 0.0909. The molecule has 64 valence electrons. The molecule has 2 heteroatoms. The first kappa shape index (κ1) is 6.92. The Bertz CT molecular complexity index is 465. The van der Waals surface area contributed by atoms with Crippen molar-refractivity contribution in [2.75, 3.05) is 0 Å². The van der Waals surface area contributed by atoms with E-state index in [2.05, 4.69) is 29.7 Å². The van der Waals surface area contributed by atoms with Gasteiger partial charge in [0.25, 0.3) is 0 Å². The van der Waals surface area contributed by atoms with Crippen molar-refractivity contribution in [3.8, 4) is 5.75 Å².